The molecule has 0 saturated carbocycles. The first kappa shape index (κ1) is 11.2. The van der Waals surface area contributed by atoms with Crippen molar-refractivity contribution in [2.75, 3.05) is 5.73 Å². The van der Waals surface area contributed by atoms with Gasteiger partial charge in [-0.15, -0.1) is 10.2 Å². The summed E-state index contributed by atoms with van der Waals surface area (Å²) in [7, 11) is 0. The Morgan fingerprint density at radius 1 is 1.44 bits per heavy atom. The number of aromatic nitrogens is 2. The van der Waals surface area contributed by atoms with Crippen LogP contribution >= 0.6 is 22.9 Å². The van der Waals surface area contributed by atoms with E-state index < -0.39 is 0 Å². The first-order valence-corrected chi connectivity index (χ1v) is 5.81. The van der Waals surface area contributed by atoms with Gasteiger partial charge >= 0.3 is 0 Å². The standard InChI is InChI=1S/C10H10ClN3OS/c1-6-4-7(12)2-3-8(6)15-5-9-13-14-10(11)16-9/h2-4H,5,12H2,1H3. The third-order valence-corrected chi connectivity index (χ3v) is 2.98. The summed E-state index contributed by atoms with van der Waals surface area (Å²) in [6.45, 7) is 2.31. The Kier molecular flexibility index (Phi) is 3.26. The van der Waals surface area contributed by atoms with Crippen molar-refractivity contribution < 1.29 is 4.74 Å². The van der Waals surface area contributed by atoms with E-state index in [4.69, 9.17) is 22.1 Å². The molecule has 84 valence electrons. The maximum atomic E-state index is 5.67. The van der Waals surface area contributed by atoms with Gasteiger partial charge in [0.05, 0.1) is 0 Å². The summed E-state index contributed by atoms with van der Waals surface area (Å²) in [5.41, 5.74) is 7.37. The zero-order valence-electron chi connectivity index (χ0n) is 8.61. The van der Waals surface area contributed by atoms with Gasteiger partial charge in [-0.2, -0.15) is 0 Å². The van der Waals surface area contributed by atoms with Crippen LogP contribution in [-0.2, 0) is 6.61 Å². The van der Waals surface area contributed by atoms with E-state index in [2.05, 4.69) is 10.2 Å². The second-order valence-corrected chi connectivity index (χ2v) is 4.91. The lowest BCUT2D eigenvalue weighted by molar-refractivity contribution is 0.302. The van der Waals surface area contributed by atoms with E-state index in [9.17, 15) is 0 Å². The number of hydrogen-bond acceptors (Lipinski definition) is 5. The Morgan fingerprint density at radius 3 is 2.88 bits per heavy atom. The molecule has 2 N–H and O–H groups in total. The van der Waals surface area contributed by atoms with Crippen molar-refractivity contribution in [3.63, 3.8) is 0 Å². The SMILES string of the molecule is Cc1cc(N)ccc1OCc1nnc(Cl)s1. The van der Waals surface area contributed by atoms with E-state index in [-0.39, 0.29) is 0 Å². The summed E-state index contributed by atoms with van der Waals surface area (Å²) in [5.74, 6) is 0.792. The maximum absolute atomic E-state index is 5.67. The topological polar surface area (TPSA) is 61.0 Å². The molecule has 0 unspecified atom stereocenters. The molecule has 2 aromatic rings. The molecule has 0 aliphatic rings. The van der Waals surface area contributed by atoms with E-state index in [0.717, 1.165) is 22.0 Å². The third-order valence-electron chi connectivity index (χ3n) is 1.99. The third kappa shape index (κ3) is 2.62. The first-order chi connectivity index (χ1) is 7.65. The van der Waals surface area contributed by atoms with Crippen LogP contribution in [0.15, 0.2) is 18.2 Å². The average molecular weight is 256 g/mol. The molecule has 1 aromatic carbocycles. The number of nitrogens with two attached hydrogens (primary N) is 1. The zero-order valence-corrected chi connectivity index (χ0v) is 10.2. The Hall–Kier alpha value is -1.33. The summed E-state index contributed by atoms with van der Waals surface area (Å²) < 4.78 is 6.01. The molecule has 0 spiro atoms. The van der Waals surface area contributed by atoms with Gasteiger partial charge in [-0.1, -0.05) is 11.3 Å². The number of ether oxygens (including phenoxy) is 1. The van der Waals surface area contributed by atoms with Crippen LogP contribution in [0.1, 0.15) is 10.6 Å². The number of benzene rings is 1. The lowest BCUT2D eigenvalue weighted by Gasteiger charge is -2.07. The number of aryl methyl sites for hydroxylation is 1. The minimum absolute atomic E-state index is 0.370. The van der Waals surface area contributed by atoms with Crippen molar-refractivity contribution in [1.82, 2.24) is 10.2 Å². The van der Waals surface area contributed by atoms with Gasteiger partial charge < -0.3 is 10.5 Å². The fourth-order valence-corrected chi connectivity index (χ4v) is 2.05. The molecule has 0 amide bonds. The maximum Gasteiger partial charge on any atom is 0.207 e. The number of nitrogen functional groups attached to an aromatic ring is 1. The Balaban J connectivity index is 2.04. The van der Waals surface area contributed by atoms with Gasteiger partial charge in [0.25, 0.3) is 0 Å². The highest BCUT2D eigenvalue weighted by atomic mass is 35.5. The Morgan fingerprint density at radius 2 is 2.25 bits per heavy atom. The van der Waals surface area contributed by atoms with Crippen LogP contribution in [0.4, 0.5) is 5.69 Å². The normalized spacial score (nSPS) is 10.4. The summed E-state index contributed by atoms with van der Waals surface area (Å²) in [6, 6.07) is 5.51. The molecule has 0 bridgehead atoms. The lowest BCUT2D eigenvalue weighted by atomic mass is 10.2. The van der Waals surface area contributed by atoms with Gasteiger partial charge in [-0.25, -0.2) is 0 Å². The van der Waals surface area contributed by atoms with Crippen LogP contribution in [0, 0.1) is 6.92 Å². The molecule has 0 aliphatic carbocycles. The van der Waals surface area contributed by atoms with Crippen molar-refractivity contribution >= 4 is 28.6 Å². The molecule has 1 heterocycles. The van der Waals surface area contributed by atoms with Crippen LogP contribution < -0.4 is 10.5 Å². The predicted octanol–water partition coefficient (Wildman–Crippen LogP) is 2.66. The monoisotopic (exact) mass is 255 g/mol. The van der Waals surface area contributed by atoms with Crippen molar-refractivity contribution in [2.45, 2.75) is 13.5 Å². The fraction of sp³-hybridized carbons (Fsp3) is 0.200. The van der Waals surface area contributed by atoms with Gasteiger partial charge in [0.15, 0.2) is 5.01 Å². The van der Waals surface area contributed by atoms with Gasteiger partial charge in [0.1, 0.15) is 12.4 Å². The summed E-state index contributed by atoms with van der Waals surface area (Å²) in [6.07, 6.45) is 0. The average Bonchev–Trinajstić information content (AvgIpc) is 2.63. The molecule has 6 heteroatoms. The summed E-state index contributed by atoms with van der Waals surface area (Å²) >= 11 is 6.98. The second kappa shape index (κ2) is 4.67. The first-order valence-electron chi connectivity index (χ1n) is 4.62. The molecule has 0 fully saturated rings. The van der Waals surface area contributed by atoms with Gasteiger partial charge in [0, 0.05) is 5.69 Å². The molecule has 16 heavy (non-hydrogen) atoms. The van der Waals surface area contributed by atoms with Crippen LogP contribution in [0.3, 0.4) is 0 Å². The van der Waals surface area contributed by atoms with Crippen LogP contribution in [0.2, 0.25) is 4.47 Å². The quantitative estimate of drug-likeness (QED) is 0.857. The smallest absolute Gasteiger partial charge is 0.207 e. The highest BCUT2D eigenvalue weighted by molar-refractivity contribution is 7.15. The molecule has 4 nitrogen and oxygen atoms in total. The zero-order chi connectivity index (χ0) is 11.5. The second-order valence-electron chi connectivity index (χ2n) is 3.26. The van der Waals surface area contributed by atoms with Crippen molar-refractivity contribution in [1.29, 1.82) is 0 Å². The molecule has 0 aliphatic heterocycles. The minimum atomic E-state index is 0.370. The fourth-order valence-electron chi connectivity index (χ4n) is 1.27. The molecule has 0 atom stereocenters. The van der Waals surface area contributed by atoms with E-state index in [1.54, 1.807) is 6.07 Å². The van der Waals surface area contributed by atoms with Gasteiger partial charge in [-0.3, -0.25) is 0 Å². The van der Waals surface area contributed by atoms with Crippen LogP contribution in [0.5, 0.6) is 5.75 Å². The van der Waals surface area contributed by atoms with E-state index in [0.29, 0.717) is 11.1 Å². The van der Waals surface area contributed by atoms with Crippen molar-refractivity contribution in [3.05, 3.63) is 33.2 Å². The highest BCUT2D eigenvalue weighted by Crippen LogP contribution is 2.22. The Bertz CT molecular complexity index is 501. The minimum Gasteiger partial charge on any atom is -0.486 e. The number of hydrogen-bond donors (Lipinski definition) is 1. The molecular weight excluding hydrogens is 246 g/mol. The summed E-state index contributed by atoms with van der Waals surface area (Å²) in [4.78, 5) is 0. The summed E-state index contributed by atoms with van der Waals surface area (Å²) in [5, 5.41) is 8.32. The van der Waals surface area contributed by atoms with E-state index in [1.807, 2.05) is 19.1 Å². The number of nitrogens with zero attached hydrogens (tertiary/aromatic N) is 2. The van der Waals surface area contributed by atoms with Crippen LogP contribution in [-0.4, -0.2) is 10.2 Å². The Labute approximate surface area is 102 Å². The molecule has 0 radical (unpaired) electrons. The van der Waals surface area contributed by atoms with Gasteiger partial charge in [0.2, 0.25) is 4.47 Å². The van der Waals surface area contributed by atoms with Crippen molar-refractivity contribution in [2.24, 2.45) is 0 Å². The molecular formula is C10H10ClN3OS. The number of anilines is 1. The molecule has 2 rings (SSSR count). The predicted molar refractivity (Wildman–Crippen MR) is 64.8 cm³/mol. The molecule has 1 aromatic heterocycles. The lowest BCUT2D eigenvalue weighted by Crippen LogP contribution is -1.97. The van der Waals surface area contributed by atoms with E-state index in [1.165, 1.54) is 11.3 Å². The van der Waals surface area contributed by atoms with Crippen molar-refractivity contribution in [3.8, 4) is 5.75 Å². The largest absolute Gasteiger partial charge is 0.486 e. The highest BCUT2D eigenvalue weighted by Gasteiger charge is 2.04. The van der Waals surface area contributed by atoms with Gasteiger partial charge in [-0.05, 0) is 42.3 Å². The number of rotatable bonds is 3. The molecule has 0 saturated heterocycles. The van der Waals surface area contributed by atoms with Crippen LogP contribution in [0.25, 0.3) is 0 Å². The number of halogens is 1. The van der Waals surface area contributed by atoms with E-state index >= 15 is 0 Å².